The largest absolute Gasteiger partial charge is 0.394 e. The van der Waals surface area contributed by atoms with E-state index in [2.05, 4.69) is 39.9 Å². The molecule has 12 nitrogen and oxygen atoms in total. The summed E-state index contributed by atoms with van der Waals surface area (Å²) in [6, 6.07) is -1.27. The summed E-state index contributed by atoms with van der Waals surface area (Å²) in [7, 11) is 0. The molecule has 2 heterocycles. The number of carbonyl (C=O) groups excluding carboxylic acids is 1. The Labute approximate surface area is 316 Å². The standard InChI is InChI=1S/C41H71NO11/c1-21(2)8-7-9-22(3)27-12-13-28-26-11-10-24-18-25(14-16-40(24,5)29(26)15-17-41(27,28)6)50-39-36(49)37(34(47)31(20-44)52-39)53-38-32(42-23(4)45)35(48)33(46)30(19-43)51-38/h21-22,24-39,43-44,46-49H,7-20H2,1-6H3,(H,42,45)/t22-,24+,25+,26+,27-,28+,29+,30-,31-,32-,33-,34+,35-,36-,37+,38+,39-,40+,41-/m1/s1. The molecule has 0 unspecified atom stereocenters. The van der Waals surface area contributed by atoms with Crippen molar-refractivity contribution in [1.29, 1.82) is 0 Å². The zero-order chi connectivity index (χ0) is 38.4. The third-order valence-corrected chi connectivity index (χ3v) is 15.5. The molecule has 0 aromatic rings. The van der Waals surface area contributed by atoms with E-state index in [0.717, 1.165) is 48.9 Å². The maximum atomic E-state index is 12.0. The first-order chi connectivity index (χ1) is 25.1. The highest BCUT2D eigenvalue weighted by atomic mass is 16.7. The summed E-state index contributed by atoms with van der Waals surface area (Å²) in [5, 5.41) is 66.2. The predicted octanol–water partition coefficient (Wildman–Crippen LogP) is 3.26. The first-order valence-electron chi connectivity index (χ1n) is 21.0. The number of hydrogen-bond donors (Lipinski definition) is 7. The summed E-state index contributed by atoms with van der Waals surface area (Å²) in [5.74, 6) is 4.66. The predicted molar refractivity (Wildman–Crippen MR) is 196 cm³/mol. The molecule has 4 aliphatic carbocycles. The van der Waals surface area contributed by atoms with Gasteiger partial charge in [-0.15, -0.1) is 0 Å². The molecule has 12 heteroatoms. The molecule has 2 aliphatic heterocycles. The van der Waals surface area contributed by atoms with Crippen LogP contribution in [0.4, 0.5) is 0 Å². The minimum atomic E-state index is -1.56. The maximum absolute atomic E-state index is 12.0. The highest BCUT2D eigenvalue weighted by Crippen LogP contribution is 2.68. The molecule has 19 atom stereocenters. The zero-order valence-electron chi connectivity index (χ0n) is 33.0. The summed E-state index contributed by atoms with van der Waals surface area (Å²) < 4.78 is 24.2. The summed E-state index contributed by atoms with van der Waals surface area (Å²) in [6.07, 6.45) is 1.81. The molecule has 0 aromatic carbocycles. The first-order valence-corrected chi connectivity index (χ1v) is 21.0. The van der Waals surface area contributed by atoms with Crippen molar-refractivity contribution >= 4 is 5.91 Å². The van der Waals surface area contributed by atoms with E-state index in [9.17, 15) is 35.4 Å². The molecular formula is C41H71NO11. The van der Waals surface area contributed by atoms with Crippen molar-refractivity contribution < 1.29 is 54.4 Å². The lowest BCUT2D eigenvalue weighted by Gasteiger charge is -2.61. The van der Waals surface area contributed by atoms with Gasteiger partial charge in [0.05, 0.1) is 19.3 Å². The molecule has 6 fully saturated rings. The molecule has 1 amide bonds. The highest BCUT2D eigenvalue weighted by molar-refractivity contribution is 5.73. The number of aliphatic hydroxyl groups excluding tert-OH is 6. The van der Waals surface area contributed by atoms with E-state index < -0.39 is 80.5 Å². The van der Waals surface area contributed by atoms with Crippen LogP contribution in [0.2, 0.25) is 0 Å². The Hall–Kier alpha value is -0.930. The van der Waals surface area contributed by atoms with E-state index in [1.54, 1.807) is 0 Å². The van der Waals surface area contributed by atoms with Gasteiger partial charge in [0, 0.05) is 6.92 Å². The molecule has 2 saturated heterocycles. The van der Waals surface area contributed by atoms with E-state index in [1.807, 2.05) is 0 Å². The Morgan fingerprint density at radius 2 is 1.43 bits per heavy atom. The average Bonchev–Trinajstić information content (AvgIpc) is 3.47. The van der Waals surface area contributed by atoms with E-state index in [-0.39, 0.29) is 11.5 Å². The van der Waals surface area contributed by atoms with Crippen LogP contribution in [0.3, 0.4) is 0 Å². The topological polar surface area (TPSA) is 187 Å². The molecule has 0 radical (unpaired) electrons. The second-order valence-electron chi connectivity index (χ2n) is 19.0. The van der Waals surface area contributed by atoms with Crippen molar-refractivity contribution in [3.63, 3.8) is 0 Å². The van der Waals surface area contributed by atoms with Crippen molar-refractivity contribution in [2.75, 3.05) is 13.2 Å². The number of carbonyl (C=O) groups is 1. The summed E-state index contributed by atoms with van der Waals surface area (Å²) in [4.78, 5) is 12.0. The van der Waals surface area contributed by atoms with Crippen molar-refractivity contribution in [3.8, 4) is 0 Å². The normalized spacial score (nSPS) is 49.2. The van der Waals surface area contributed by atoms with Gasteiger partial charge < -0.3 is 54.9 Å². The zero-order valence-corrected chi connectivity index (χ0v) is 33.0. The second kappa shape index (κ2) is 16.9. The van der Waals surface area contributed by atoms with Crippen LogP contribution in [0.25, 0.3) is 0 Å². The number of amides is 1. The van der Waals surface area contributed by atoms with E-state index >= 15 is 0 Å². The van der Waals surface area contributed by atoms with E-state index in [0.29, 0.717) is 17.3 Å². The smallest absolute Gasteiger partial charge is 0.217 e. The Balaban J connectivity index is 1.10. The molecular weight excluding hydrogens is 682 g/mol. The van der Waals surface area contributed by atoms with E-state index in [4.69, 9.17) is 18.9 Å². The van der Waals surface area contributed by atoms with Crippen molar-refractivity contribution in [2.45, 2.75) is 186 Å². The van der Waals surface area contributed by atoms with Crippen LogP contribution in [-0.2, 0) is 23.7 Å². The minimum Gasteiger partial charge on any atom is -0.394 e. The number of nitrogens with one attached hydrogen (secondary N) is 1. The molecule has 0 aromatic heterocycles. The molecule has 4 saturated carbocycles. The Kier molecular flexibility index (Phi) is 13.3. The maximum Gasteiger partial charge on any atom is 0.217 e. The molecule has 6 rings (SSSR count). The van der Waals surface area contributed by atoms with Crippen LogP contribution in [0.1, 0.15) is 119 Å². The molecule has 306 valence electrons. The van der Waals surface area contributed by atoms with Gasteiger partial charge in [-0.2, -0.15) is 0 Å². The third-order valence-electron chi connectivity index (χ3n) is 15.5. The van der Waals surface area contributed by atoms with Gasteiger partial charge in [0.15, 0.2) is 12.6 Å². The summed E-state index contributed by atoms with van der Waals surface area (Å²) in [5.41, 5.74) is 0.683. The fourth-order valence-electron chi connectivity index (χ4n) is 12.6. The monoisotopic (exact) mass is 754 g/mol. The lowest BCUT2D eigenvalue weighted by atomic mass is 9.44. The van der Waals surface area contributed by atoms with E-state index in [1.165, 1.54) is 64.7 Å². The number of hydrogen-bond acceptors (Lipinski definition) is 11. The molecule has 6 aliphatic rings. The number of aliphatic hydroxyl groups is 6. The Morgan fingerprint density at radius 3 is 2.11 bits per heavy atom. The van der Waals surface area contributed by atoms with Crippen LogP contribution in [0, 0.1) is 52.3 Å². The van der Waals surface area contributed by atoms with Crippen LogP contribution < -0.4 is 5.32 Å². The second-order valence-corrected chi connectivity index (χ2v) is 19.0. The van der Waals surface area contributed by atoms with Gasteiger partial charge in [0.2, 0.25) is 5.91 Å². The lowest BCUT2D eigenvalue weighted by molar-refractivity contribution is -0.354. The molecule has 53 heavy (non-hydrogen) atoms. The SMILES string of the molecule is CC(=O)N[C@H]1[C@H](O[C@H]2[C@@H](O)[C@@H](CO)O[C@@H](O[C@H]3CC[C@@]4(C)[C@@H](CC[C@@H]5[C@@H]4CC[C@]4(C)[C@@H]([C@H](C)CCCC(C)C)CC[C@@H]54)C3)[C@@H]2O)O[C@H](CO)[C@@H](O)[C@@H]1O. The fourth-order valence-corrected chi connectivity index (χ4v) is 12.6. The quantitative estimate of drug-likeness (QED) is 0.145. The van der Waals surface area contributed by atoms with Crippen LogP contribution in [0.5, 0.6) is 0 Å². The third kappa shape index (κ3) is 8.12. The van der Waals surface area contributed by atoms with Crippen molar-refractivity contribution in [2.24, 2.45) is 52.3 Å². The fraction of sp³-hybridized carbons (Fsp3) is 0.976. The number of fused-ring (bicyclic) bond motifs is 5. The van der Waals surface area contributed by atoms with Gasteiger partial charge in [-0.05, 0) is 110 Å². The minimum absolute atomic E-state index is 0.190. The molecule has 7 N–H and O–H groups in total. The van der Waals surface area contributed by atoms with Gasteiger partial charge >= 0.3 is 0 Å². The van der Waals surface area contributed by atoms with Crippen molar-refractivity contribution in [1.82, 2.24) is 5.32 Å². The van der Waals surface area contributed by atoms with Gasteiger partial charge in [-0.3, -0.25) is 4.79 Å². The van der Waals surface area contributed by atoms with Crippen LogP contribution in [-0.4, -0.2) is 117 Å². The highest BCUT2D eigenvalue weighted by Gasteiger charge is 2.61. The summed E-state index contributed by atoms with van der Waals surface area (Å²) in [6.45, 7) is 12.4. The van der Waals surface area contributed by atoms with Gasteiger partial charge in [-0.1, -0.05) is 53.9 Å². The Morgan fingerprint density at radius 1 is 0.774 bits per heavy atom. The van der Waals surface area contributed by atoms with Crippen LogP contribution in [0.15, 0.2) is 0 Å². The Bertz CT molecular complexity index is 1220. The van der Waals surface area contributed by atoms with Gasteiger partial charge in [-0.25, -0.2) is 0 Å². The number of ether oxygens (including phenoxy) is 4. The number of rotatable bonds is 12. The van der Waals surface area contributed by atoms with Crippen molar-refractivity contribution in [3.05, 3.63) is 0 Å². The lowest BCUT2D eigenvalue weighted by Crippen LogP contribution is -2.68. The average molecular weight is 754 g/mol. The van der Waals surface area contributed by atoms with Gasteiger partial charge in [0.25, 0.3) is 0 Å². The molecule has 0 bridgehead atoms. The first kappa shape index (κ1) is 41.7. The molecule has 0 spiro atoms. The summed E-state index contributed by atoms with van der Waals surface area (Å²) >= 11 is 0. The van der Waals surface area contributed by atoms with Crippen LogP contribution >= 0.6 is 0 Å². The van der Waals surface area contributed by atoms with Gasteiger partial charge in [0.1, 0.15) is 48.8 Å².